The lowest BCUT2D eigenvalue weighted by Gasteiger charge is -2.08. The molecule has 162 valence electrons. The molecule has 0 fully saturated rings. The van der Waals surface area contributed by atoms with Gasteiger partial charge in [-0.2, -0.15) is 5.10 Å². The van der Waals surface area contributed by atoms with Crippen molar-refractivity contribution in [2.24, 2.45) is 0 Å². The molecule has 0 bridgehead atoms. The van der Waals surface area contributed by atoms with E-state index in [4.69, 9.17) is 27.9 Å². The minimum Gasteiger partial charge on any atom is -0.489 e. The average Bonchev–Trinajstić information content (AvgIpc) is 3.21. The Morgan fingerprint density at radius 3 is 2.62 bits per heavy atom. The Morgan fingerprint density at radius 1 is 1.06 bits per heavy atom. The topological polar surface area (TPSA) is 56.2 Å². The van der Waals surface area contributed by atoms with E-state index in [1.807, 2.05) is 24.3 Å². The van der Waals surface area contributed by atoms with Gasteiger partial charge in [-0.05, 0) is 53.6 Å². The van der Waals surface area contributed by atoms with Gasteiger partial charge in [0.2, 0.25) is 0 Å². The molecule has 32 heavy (non-hydrogen) atoms. The Hall–Kier alpha value is -3.35. The molecule has 0 aliphatic heterocycles. The predicted octanol–water partition coefficient (Wildman–Crippen LogP) is 6.21. The minimum absolute atomic E-state index is 0.258. The van der Waals surface area contributed by atoms with Crippen LogP contribution < -0.4 is 10.1 Å². The van der Waals surface area contributed by atoms with Crippen LogP contribution in [0.4, 0.5) is 10.1 Å². The number of nitrogens with zero attached hydrogens (tertiary/aromatic N) is 2. The van der Waals surface area contributed by atoms with Crippen LogP contribution in [0.2, 0.25) is 10.0 Å². The van der Waals surface area contributed by atoms with Crippen LogP contribution in [-0.2, 0) is 13.2 Å². The van der Waals surface area contributed by atoms with Crippen LogP contribution in [0.15, 0.2) is 79.1 Å². The number of amides is 1. The summed E-state index contributed by atoms with van der Waals surface area (Å²) in [6, 6.07) is 18.5. The molecule has 1 heterocycles. The third-order valence-corrected chi connectivity index (χ3v) is 5.24. The van der Waals surface area contributed by atoms with E-state index >= 15 is 0 Å². The number of hydrogen-bond acceptors (Lipinski definition) is 3. The molecule has 0 saturated heterocycles. The van der Waals surface area contributed by atoms with Crippen LogP contribution in [0.3, 0.4) is 0 Å². The Labute approximate surface area is 194 Å². The van der Waals surface area contributed by atoms with Crippen molar-refractivity contribution < 1.29 is 13.9 Å². The van der Waals surface area contributed by atoms with Gasteiger partial charge in [0, 0.05) is 21.8 Å². The quantitative estimate of drug-likeness (QED) is 0.350. The zero-order chi connectivity index (χ0) is 22.5. The monoisotopic (exact) mass is 469 g/mol. The minimum atomic E-state index is -0.394. The number of carbonyl (C=O) groups is 1. The van der Waals surface area contributed by atoms with Crippen molar-refractivity contribution in [2.75, 3.05) is 5.32 Å². The van der Waals surface area contributed by atoms with Crippen molar-refractivity contribution in [3.63, 3.8) is 0 Å². The summed E-state index contributed by atoms with van der Waals surface area (Å²) in [5.41, 5.74) is 2.70. The summed E-state index contributed by atoms with van der Waals surface area (Å²) in [6.07, 6.45) is 3.23. The highest BCUT2D eigenvalue weighted by Gasteiger charge is 2.09. The first-order chi connectivity index (χ1) is 15.5. The van der Waals surface area contributed by atoms with Gasteiger partial charge in [0.15, 0.2) is 0 Å². The Kier molecular flexibility index (Phi) is 6.73. The molecule has 1 N–H and O–H groups in total. The van der Waals surface area contributed by atoms with Crippen LogP contribution in [0, 0.1) is 5.82 Å². The second-order valence-corrected chi connectivity index (χ2v) is 7.90. The Bertz CT molecular complexity index is 1240. The number of halogens is 3. The largest absolute Gasteiger partial charge is 0.489 e. The number of carbonyl (C=O) groups excluding carboxylic acids is 1. The lowest BCUT2D eigenvalue weighted by molar-refractivity contribution is 0.102. The maximum absolute atomic E-state index is 13.2. The fourth-order valence-electron chi connectivity index (χ4n) is 3.02. The third-order valence-electron chi connectivity index (χ3n) is 4.66. The van der Waals surface area contributed by atoms with Gasteiger partial charge in [-0.15, -0.1) is 0 Å². The first kappa shape index (κ1) is 21.9. The highest BCUT2D eigenvalue weighted by atomic mass is 35.5. The molecule has 0 saturated carbocycles. The van der Waals surface area contributed by atoms with E-state index in [2.05, 4.69) is 10.4 Å². The zero-order valence-corrected chi connectivity index (χ0v) is 18.3. The highest BCUT2D eigenvalue weighted by Crippen LogP contribution is 2.20. The third kappa shape index (κ3) is 5.66. The predicted molar refractivity (Wildman–Crippen MR) is 123 cm³/mol. The van der Waals surface area contributed by atoms with E-state index in [1.54, 1.807) is 47.4 Å². The summed E-state index contributed by atoms with van der Waals surface area (Å²) in [4.78, 5) is 12.5. The molecule has 0 unspecified atom stereocenters. The van der Waals surface area contributed by atoms with E-state index in [-0.39, 0.29) is 5.91 Å². The molecule has 1 aromatic heterocycles. The van der Waals surface area contributed by atoms with Crippen LogP contribution in [0.25, 0.3) is 0 Å². The lowest BCUT2D eigenvalue weighted by Crippen LogP contribution is -2.11. The molecule has 5 nitrogen and oxygen atoms in total. The van der Waals surface area contributed by atoms with E-state index in [0.29, 0.717) is 40.2 Å². The summed E-state index contributed by atoms with van der Waals surface area (Å²) in [5, 5.41) is 7.96. The molecule has 3 aromatic carbocycles. The maximum Gasteiger partial charge on any atom is 0.255 e. The van der Waals surface area contributed by atoms with Crippen LogP contribution in [0.5, 0.6) is 5.75 Å². The lowest BCUT2D eigenvalue weighted by atomic mass is 10.1. The fourth-order valence-corrected chi connectivity index (χ4v) is 3.43. The Morgan fingerprint density at radius 2 is 1.88 bits per heavy atom. The average molecular weight is 470 g/mol. The molecular formula is C24H18Cl2FN3O2. The zero-order valence-electron chi connectivity index (χ0n) is 16.8. The molecule has 8 heteroatoms. The van der Waals surface area contributed by atoms with Crippen molar-refractivity contribution >= 4 is 34.8 Å². The second kappa shape index (κ2) is 9.85. The summed E-state index contributed by atoms with van der Waals surface area (Å²) >= 11 is 12.0. The maximum atomic E-state index is 13.2. The van der Waals surface area contributed by atoms with Gasteiger partial charge in [0.25, 0.3) is 5.91 Å². The van der Waals surface area contributed by atoms with Gasteiger partial charge >= 0.3 is 0 Å². The number of aromatic nitrogens is 2. The number of rotatable bonds is 7. The van der Waals surface area contributed by atoms with Gasteiger partial charge < -0.3 is 10.1 Å². The van der Waals surface area contributed by atoms with Gasteiger partial charge in [-0.25, -0.2) is 4.39 Å². The molecule has 4 rings (SSSR count). The second-order valence-electron chi connectivity index (χ2n) is 7.06. The first-order valence-electron chi connectivity index (χ1n) is 9.71. The summed E-state index contributed by atoms with van der Waals surface area (Å²) in [5.74, 6) is 0.0270. The van der Waals surface area contributed by atoms with Gasteiger partial charge in [0.1, 0.15) is 18.2 Å². The SMILES string of the molecule is O=C(Nc1cnn(Cc2ccc(F)cc2Cl)c1)c1ccc(COc2cccc(Cl)c2)cc1. The van der Waals surface area contributed by atoms with E-state index in [0.717, 1.165) is 11.1 Å². The standard InChI is InChI=1S/C24H18Cl2FN3O2/c25-19-2-1-3-22(10-19)32-15-16-4-6-17(7-5-16)24(31)29-21-12-28-30(14-21)13-18-8-9-20(27)11-23(18)26/h1-12,14H,13,15H2,(H,29,31). The van der Waals surface area contributed by atoms with Crippen LogP contribution in [0.1, 0.15) is 21.5 Å². The highest BCUT2D eigenvalue weighted by molar-refractivity contribution is 6.31. The van der Waals surface area contributed by atoms with Crippen molar-refractivity contribution in [3.8, 4) is 5.75 Å². The van der Waals surface area contributed by atoms with Crippen molar-refractivity contribution in [2.45, 2.75) is 13.2 Å². The molecule has 0 atom stereocenters. The van der Waals surface area contributed by atoms with Gasteiger partial charge in [-0.3, -0.25) is 9.48 Å². The molecule has 0 spiro atoms. The van der Waals surface area contributed by atoms with Crippen molar-refractivity contribution in [1.82, 2.24) is 9.78 Å². The molecule has 0 aliphatic rings. The summed E-state index contributed by atoms with van der Waals surface area (Å²) in [6.45, 7) is 0.720. The fraction of sp³-hybridized carbons (Fsp3) is 0.0833. The molecule has 0 radical (unpaired) electrons. The molecule has 0 aliphatic carbocycles. The number of ether oxygens (including phenoxy) is 1. The number of hydrogen-bond donors (Lipinski definition) is 1. The number of nitrogens with one attached hydrogen (secondary N) is 1. The molecule has 1 amide bonds. The van der Waals surface area contributed by atoms with Crippen molar-refractivity contribution in [3.05, 3.63) is 112 Å². The van der Waals surface area contributed by atoms with E-state index in [9.17, 15) is 9.18 Å². The first-order valence-corrected chi connectivity index (χ1v) is 10.5. The van der Waals surface area contributed by atoms with E-state index in [1.165, 1.54) is 12.1 Å². The molecule has 4 aromatic rings. The van der Waals surface area contributed by atoms with Gasteiger partial charge in [0.05, 0.1) is 18.4 Å². The van der Waals surface area contributed by atoms with Crippen LogP contribution >= 0.6 is 23.2 Å². The Balaban J connectivity index is 1.33. The van der Waals surface area contributed by atoms with E-state index < -0.39 is 5.82 Å². The van der Waals surface area contributed by atoms with Crippen molar-refractivity contribution in [1.29, 1.82) is 0 Å². The molecular weight excluding hydrogens is 452 g/mol. The number of anilines is 1. The smallest absolute Gasteiger partial charge is 0.255 e. The summed E-state index contributed by atoms with van der Waals surface area (Å²) in [7, 11) is 0. The van der Waals surface area contributed by atoms with Crippen LogP contribution in [-0.4, -0.2) is 15.7 Å². The number of benzene rings is 3. The summed E-state index contributed by atoms with van der Waals surface area (Å²) < 4.78 is 20.5. The van der Waals surface area contributed by atoms with Gasteiger partial charge in [-0.1, -0.05) is 47.5 Å². The normalized spacial score (nSPS) is 10.7.